The van der Waals surface area contributed by atoms with E-state index in [2.05, 4.69) is 0 Å². The topological polar surface area (TPSA) is 47.9 Å². The fourth-order valence-corrected chi connectivity index (χ4v) is 1.03. The van der Waals surface area contributed by atoms with Gasteiger partial charge in [0.2, 0.25) is 0 Å². The van der Waals surface area contributed by atoms with Gasteiger partial charge in [-0.2, -0.15) is 0 Å². The van der Waals surface area contributed by atoms with Crippen molar-refractivity contribution in [1.29, 1.82) is 0 Å². The third kappa shape index (κ3) is 2.75. The Morgan fingerprint density at radius 3 is 2.82 bits per heavy atom. The SMILES string of the molecule is CC1(C)OCC(COCO)O1. The van der Waals surface area contributed by atoms with Crippen LogP contribution in [0.15, 0.2) is 0 Å². The zero-order valence-electron chi connectivity index (χ0n) is 6.87. The lowest BCUT2D eigenvalue weighted by molar-refractivity contribution is -0.149. The Balaban J connectivity index is 2.20. The summed E-state index contributed by atoms with van der Waals surface area (Å²) in [5, 5.41) is 8.34. The van der Waals surface area contributed by atoms with Crippen molar-refractivity contribution in [3.05, 3.63) is 0 Å². The van der Waals surface area contributed by atoms with Crippen LogP contribution < -0.4 is 0 Å². The lowest BCUT2D eigenvalue weighted by Gasteiger charge is -2.16. The van der Waals surface area contributed by atoms with Crippen molar-refractivity contribution in [2.24, 2.45) is 0 Å². The summed E-state index contributed by atoms with van der Waals surface area (Å²) in [7, 11) is 0. The molecule has 4 nitrogen and oxygen atoms in total. The Morgan fingerprint density at radius 1 is 1.64 bits per heavy atom. The second-order valence-electron chi connectivity index (χ2n) is 2.95. The van der Waals surface area contributed by atoms with E-state index in [1.807, 2.05) is 13.8 Å². The quantitative estimate of drug-likeness (QED) is 0.598. The molecule has 1 rings (SSSR count). The number of hydrogen-bond acceptors (Lipinski definition) is 4. The molecule has 1 atom stereocenters. The van der Waals surface area contributed by atoms with E-state index in [1.54, 1.807) is 0 Å². The zero-order chi connectivity index (χ0) is 8.32. The van der Waals surface area contributed by atoms with Crippen molar-refractivity contribution in [3.8, 4) is 0 Å². The van der Waals surface area contributed by atoms with Gasteiger partial charge >= 0.3 is 0 Å². The second-order valence-corrected chi connectivity index (χ2v) is 2.95. The molecule has 0 aromatic rings. The van der Waals surface area contributed by atoms with Crippen molar-refractivity contribution in [2.45, 2.75) is 25.7 Å². The Labute approximate surface area is 66.1 Å². The molecule has 1 fully saturated rings. The van der Waals surface area contributed by atoms with E-state index in [1.165, 1.54) is 0 Å². The van der Waals surface area contributed by atoms with E-state index in [9.17, 15) is 0 Å². The first kappa shape index (κ1) is 8.93. The first-order valence-electron chi connectivity index (χ1n) is 3.64. The lowest BCUT2D eigenvalue weighted by atomic mass is 10.4. The van der Waals surface area contributed by atoms with Gasteiger partial charge in [-0.1, -0.05) is 0 Å². The molecule has 1 unspecified atom stereocenters. The monoisotopic (exact) mass is 162 g/mol. The third-order valence-electron chi connectivity index (χ3n) is 1.46. The van der Waals surface area contributed by atoms with Gasteiger partial charge in [-0.15, -0.1) is 0 Å². The van der Waals surface area contributed by atoms with Gasteiger partial charge < -0.3 is 19.3 Å². The molecular formula is C7H14O4. The van der Waals surface area contributed by atoms with Gasteiger partial charge in [0.25, 0.3) is 0 Å². The molecule has 11 heavy (non-hydrogen) atoms. The molecule has 1 aliphatic heterocycles. The highest BCUT2D eigenvalue weighted by Crippen LogP contribution is 2.21. The predicted octanol–water partition coefficient (Wildman–Crippen LogP) is 0.104. The van der Waals surface area contributed by atoms with E-state index < -0.39 is 5.79 Å². The van der Waals surface area contributed by atoms with Gasteiger partial charge in [-0.3, -0.25) is 0 Å². The van der Waals surface area contributed by atoms with E-state index >= 15 is 0 Å². The predicted molar refractivity (Wildman–Crippen MR) is 37.9 cm³/mol. The van der Waals surface area contributed by atoms with Gasteiger partial charge in [0, 0.05) is 0 Å². The van der Waals surface area contributed by atoms with Crippen LogP contribution in [0.3, 0.4) is 0 Å². The molecule has 0 radical (unpaired) electrons. The largest absolute Gasteiger partial charge is 0.371 e. The van der Waals surface area contributed by atoms with Crippen LogP contribution in [0.2, 0.25) is 0 Å². The van der Waals surface area contributed by atoms with Crippen LogP contribution in [-0.2, 0) is 14.2 Å². The maximum atomic E-state index is 8.34. The van der Waals surface area contributed by atoms with Crippen LogP contribution in [0.5, 0.6) is 0 Å². The smallest absolute Gasteiger partial charge is 0.163 e. The number of hydrogen-bond donors (Lipinski definition) is 1. The van der Waals surface area contributed by atoms with Crippen LogP contribution in [0.25, 0.3) is 0 Å². The van der Waals surface area contributed by atoms with Crippen molar-refractivity contribution in [2.75, 3.05) is 20.0 Å². The molecular weight excluding hydrogens is 148 g/mol. The van der Waals surface area contributed by atoms with Crippen molar-refractivity contribution >= 4 is 0 Å². The molecule has 0 amide bonds. The second kappa shape index (κ2) is 3.49. The summed E-state index contributed by atoms with van der Waals surface area (Å²) in [5.41, 5.74) is 0. The highest BCUT2D eigenvalue weighted by atomic mass is 16.7. The lowest BCUT2D eigenvalue weighted by Crippen LogP contribution is -2.24. The molecule has 1 heterocycles. The van der Waals surface area contributed by atoms with Gasteiger partial charge in [-0.05, 0) is 13.8 Å². The van der Waals surface area contributed by atoms with Crippen LogP contribution in [0.4, 0.5) is 0 Å². The Morgan fingerprint density at radius 2 is 2.36 bits per heavy atom. The van der Waals surface area contributed by atoms with E-state index in [0.717, 1.165) is 0 Å². The molecule has 0 aromatic heterocycles. The summed E-state index contributed by atoms with van der Waals surface area (Å²) in [4.78, 5) is 0. The number of rotatable bonds is 3. The zero-order valence-corrected chi connectivity index (χ0v) is 6.87. The number of aliphatic hydroxyl groups is 1. The van der Waals surface area contributed by atoms with E-state index in [0.29, 0.717) is 13.2 Å². The first-order valence-corrected chi connectivity index (χ1v) is 3.64. The molecule has 1 aliphatic rings. The highest BCUT2D eigenvalue weighted by molar-refractivity contribution is 4.69. The van der Waals surface area contributed by atoms with Crippen LogP contribution in [-0.4, -0.2) is 37.0 Å². The molecule has 0 bridgehead atoms. The fraction of sp³-hybridized carbons (Fsp3) is 1.00. The third-order valence-corrected chi connectivity index (χ3v) is 1.46. The number of aliphatic hydroxyl groups excluding tert-OH is 1. The molecule has 4 heteroatoms. The molecule has 1 saturated heterocycles. The molecule has 0 aliphatic carbocycles. The fourth-order valence-electron chi connectivity index (χ4n) is 1.03. The minimum Gasteiger partial charge on any atom is -0.371 e. The molecule has 0 aromatic carbocycles. The summed E-state index contributed by atoms with van der Waals surface area (Å²) < 4.78 is 15.4. The van der Waals surface area contributed by atoms with Gasteiger partial charge in [0.05, 0.1) is 13.2 Å². The first-order chi connectivity index (χ1) is 5.14. The summed E-state index contributed by atoms with van der Waals surface area (Å²) in [6.45, 7) is 4.37. The molecule has 0 saturated carbocycles. The average molecular weight is 162 g/mol. The summed E-state index contributed by atoms with van der Waals surface area (Å²) in [6, 6.07) is 0. The summed E-state index contributed by atoms with van der Waals surface area (Å²) in [6.07, 6.45) is -0.0443. The molecule has 1 N–H and O–H groups in total. The maximum absolute atomic E-state index is 8.34. The van der Waals surface area contributed by atoms with Gasteiger partial charge in [0.1, 0.15) is 12.9 Å². The van der Waals surface area contributed by atoms with Gasteiger partial charge in [0.15, 0.2) is 5.79 Å². The van der Waals surface area contributed by atoms with E-state index in [4.69, 9.17) is 19.3 Å². The van der Waals surface area contributed by atoms with Crippen LogP contribution >= 0.6 is 0 Å². The Hall–Kier alpha value is -0.160. The molecule has 0 spiro atoms. The Bertz CT molecular complexity index is 124. The average Bonchev–Trinajstić information content (AvgIpc) is 2.26. The Kier molecular flexibility index (Phi) is 2.84. The van der Waals surface area contributed by atoms with Crippen molar-refractivity contribution in [1.82, 2.24) is 0 Å². The van der Waals surface area contributed by atoms with Crippen molar-refractivity contribution in [3.63, 3.8) is 0 Å². The van der Waals surface area contributed by atoms with Gasteiger partial charge in [-0.25, -0.2) is 0 Å². The normalized spacial score (nSPS) is 29.2. The van der Waals surface area contributed by atoms with Crippen molar-refractivity contribution < 1.29 is 19.3 Å². The minimum atomic E-state index is -0.497. The number of ether oxygens (including phenoxy) is 3. The van der Waals surface area contributed by atoms with E-state index in [-0.39, 0.29) is 12.9 Å². The van der Waals surface area contributed by atoms with Crippen LogP contribution in [0.1, 0.15) is 13.8 Å². The maximum Gasteiger partial charge on any atom is 0.163 e. The van der Waals surface area contributed by atoms with Crippen LogP contribution in [0, 0.1) is 0 Å². The highest BCUT2D eigenvalue weighted by Gasteiger charge is 2.32. The summed E-state index contributed by atoms with van der Waals surface area (Å²) in [5.74, 6) is -0.497. The minimum absolute atomic E-state index is 0.0443. The molecule has 66 valence electrons. The summed E-state index contributed by atoms with van der Waals surface area (Å²) >= 11 is 0. The standard InChI is InChI=1S/C7H14O4/c1-7(2)10-4-6(11-7)3-9-5-8/h6,8H,3-5H2,1-2H3.